The van der Waals surface area contributed by atoms with E-state index in [9.17, 15) is 22.8 Å². The lowest BCUT2D eigenvalue weighted by Gasteiger charge is -2.52. The van der Waals surface area contributed by atoms with Crippen molar-refractivity contribution in [3.63, 3.8) is 0 Å². The number of amides is 2. The number of hydrogen-bond acceptors (Lipinski definition) is 6. The highest BCUT2D eigenvalue weighted by Gasteiger charge is 2.50. The topological polar surface area (TPSA) is 103 Å². The first-order valence-corrected chi connectivity index (χ1v) is 17.7. The van der Waals surface area contributed by atoms with Crippen LogP contribution in [-0.2, 0) is 9.53 Å². The van der Waals surface area contributed by atoms with E-state index in [2.05, 4.69) is 21.7 Å². The van der Waals surface area contributed by atoms with Gasteiger partial charge in [0, 0.05) is 75.7 Å². The van der Waals surface area contributed by atoms with Crippen LogP contribution < -0.4 is 0 Å². The Kier molecular flexibility index (Phi) is 11.9. The van der Waals surface area contributed by atoms with Crippen molar-refractivity contribution in [3.05, 3.63) is 42.1 Å². The van der Waals surface area contributed by atoms with Crippen molar-refractivity contribution >= 4 is 28.9 Å². The van der Waals surface area contributed by atoms with Gasteiger partial charge in [0.15, 0.2) is 0 Å². The van der Waals surface area contributed by atoms with Crippen LogP contribution in [0.25, 0.3) is 10.9 Å². The first-order valence-electron chi connectivity index (χ1n) is 17.7. The van der Waals surface area contributed by atoms with Crippen molar-refractivity contribution in [2.45, 2.75) is 102 Å². The molecule has 1 spiro atoms. The van der Waals surface area contributed by atoms with Crippen LogP contribution in [-0.4, -0.2) is 99.8 Å². The molecule has 1 unspecified atom stereocenters. The Morgan fingerprint density at radius 1 is 1.00 bits per heavy atom. The molecule has 1 aromatic carbocycles. The molecule has 2 aromatic rings. The number of likely N-dealkylation sites (tertiary alicyclic amines) is 2. The van der Waals surface area contributed by atoms with Gasteiger partial charge in [-0.3, -0.25) is 14.7 Å². The van der Waals surface area contributed by atoms with Crippen LogP contribution in [0, 0.1) is 11.8 Å². The maximum atomic E-state index is 13.4. The summed E-state index contributed by atoms with van der Waals surface area (Å²) in [6.07, 6.45) is 10.5. The van der Waals surface area contributed by atoms with Crippen LogP contribution in [0.3, 0.4) is 0 Å². The van der Waals surface area contributed by atoms with Gasteiger partial charge in [-0.2, -0.15) is 13.2 Å². The van der Waals surface area contributed by atoms with Gasteiger partial charge in [-0.1, -0.05) is 57.2 Å². The molecule has 4 heterocycles. The molecular weight excluding hydrogens is 625 g/mol. The number of piperidine rings is 2. The number of fused-ring (bicyclic) bond motifs is 1. The molecule has 1 aromatic heterocycles. The van der Waals surface area contributed by atoms with Crippen LogP contribution in [0.1, 0.15) is 94.3 Å². The molecule has 1 aliphatic carbocycles. The van der Waals surface area contributed by atoms with E-state index in [-0.39, 0.29) is 17.6 Å². The third kappa shape index (κ3) is 8.59. The zero-order valence-corrected chi connectivity index (χ0v) is 27.9. The molecule has 1 saturated carbocycles. The number of pyridine rings is 1. The Hall–Kier alpha value is -3.41. The van der Waals surface area contributed by atoms with Crippen LogP contribution in [0.2, 0.25) is 0 Å². The minimum atomic E-state index is -5.08. The number of alkyl halides is 3. The number of aromatic nitrogens is 1. The summed E-state index contributed by atoms with van der Waals surface area (Å²) in [6.45, 7) is 7.55. The van der Waals surface area contributed by atoms with Crippen molar-refractivity contribution in [2.75, 3.05) is 39.3 Å². The summed E-state index contributed by atoms with van der Waals surface area (Å²) in [7, 11) is 0. The molecule has 48 heavy (non-hydrogen) atoms. The van der Waals surface area contributed by atoms with E-state index in [1.165, 1.54) is 44.9 Å². The number of aliphatic carboxylic acids is 1. The highest BCUT2D eigenvalue weighted by Crippen LogP contribution is 2.42. The number of carbonyl (C=O) groups excluding carboxylic acids is 2. The lowest BCUT2D eigenvalue weighted by molar-refractivity contribution is -0.192. The quantitative estimate of drug-likeness (QED) is 0.333. The van der Waals surface area contributed by atoms with Gasteiger partial charge >= 0.3 is 18.2 Å². The second-order valence-corrected chi connectivity index (χ2v) is 13.9. The number of carbonyl (C=O) groups is 3. The monoisotopic (exact) mass is 674 g/mol. The number of para-hydroxylation sites is 1. The van der Waals surface area contributed by atoms with Gasteiger partial charge in [0.05, 0.1) is 11.1 Å². The largest absolute Gasteiger partial charge is 0.490 e. The average molecular weight is 675 g/mol. The van der Waals surface area contributed by atoms with Crippen LogP contribution in [0.15, 0.2) is 36.5 Å². The van der Waals surface area contributed by atoms with Gasteiger partial charge in [-0.15, -0.1) is 0 Å². The summed E-state index contributed by atoms with van der Waals surface area (Å²) in [5.41, 5.74) is 1.32. The predicted octanol–water partition coefficient (Wildman–Crippen LogP) is 7.15. The van der Waals surface area contributed by atoms with E-state index >= 15 is 0 Å². The molecule has 12 heteroatoms. The Bertz CT molecular complexity index is 1390. The third-order valence-electron chi connectivity index (χ3n) is 10.9. The smallest absolute Gasteiger partial charge is 0.475 e. The van der Waals surface area contributed by atoms with Crippen molar-refractivity contribution in [2.24, 2.45) is 11.8 Å². The maximum absolute atomic E-state index is 13.4. The average Bonchev–Trinajstić information content (AvgIpc) is 3.09. The molecule has 9 nitrogen and oxygen atoms in total. The molecule has 4 fully saturated rings. The molecular formula is C36H49F3N4O5. The second kappa shape index (κ2) is 15.9. The predicted molar refractivity (Wildman–Crippen MR) is 176 cm³/mol. The fraction of sp³-hybridized carbons (Fsp3) is 0.667. The summed E-state index contributed by atoms with van der Waals surface area (Å²) >= 11 is 0. The number of rotatable bonds is 7. The number of ether oxygens (including phenoxy) is 1. The number of nitrogens with zero attached hydrogens (tertiary/aromatic N) is 4. The molecule has 1 N–H and O–H groups in total. The normalized spacial score (nSPS) is 22.7. The van der Waals surface area contributed by atoms with Gasteiger partial charge in [0.1, 0.15) is 5.60 Å². The minimum Gasteiger partial charge on any atom is -0.475 e. The highest BCUT2D eigenvalue weighted by molar-refractivity contribution is 6.06. The van der Waals surface area contributed by atoms with E-state index in [1.54, 1.807) is 6.20 Å². The number of carboxylic acids is 1. The van der Waals surface area contributed by atoms with Crippen molar-refractivity contribution < 1.29 is 37.4 Å². The van der Waals surface area contributed by atoms with E-state index < -0.39 is 12.1 Å². The van der Waals surface area contributed by atoms with Crippen molar-refractivity contribution in [1.82, 2.24) is 19.7 Å². The Morgan fingerprint density at radius 2 is 1.67 bits per heavy atom. The van der Waals surface area contributed by atoms with Gasteiger partial charge in [0.25, 0.3) is 5.91 Å². The van der Waals surface area contributed by atoms with Gasteiger partial charge in [-0.05, 0) is 50.2 Å². The van der Waals surface area contributed by atoms with Crippen LogP contribution in [0.5, 0.6) is 0 Å². The number of halogens is 3. The molecule has 3 aliphatic heterocycles. The number of unbranched alkanes of at least 4 members (excludes halogenated alkanes) is 1. The van der Waals surface area contributed by atoms with Crippen LogP contribution >= 0.6 is 0 Å². The SMILES string of the molecule is CCCCC1CN(CC2CCCCC2)C(=O)OC12CCN(C1CCN(C(=O)c3ccnc4ccccc34)CC1)CC2.O=C(O)C(F)(F)F. The van der Waals surface area contributed by atoms with Crippen LogP contribution in [0.4, 0.5) is 18.0 Å². The van der Waals surface area contributed by atoms with Gasteiger partial charge in [0.2, 0.25) is 0 Å². The third-order valence-corrected chi connectivity index (χ3v) is 10.9. The standard InChI is InChI=1S/C34H48N4O3.C2HF3O2/c1-2-3-11-27-25-38(24-26-9-5-4-6-10-26)33(40)41-34(27)17-22-36(23-18-34)28-15-20-37(21-16-28)32(39)30-14-19-35-31-13-8-7-12-29(30)31;3-2(4,5)1(6)7/h7-8,12-14,19,26-28H,2-6,9-11,15-18,20-25H2,1H3;(H,6,7). The fourth-order valence-corrected chi connectivity index (χ4v) is 8.13. The summed E-state index contributed by atoms with van der Waals surface area (Å²) in [5.74, 6) is -1.56. The van der Waals surface area contributed by atoms with Gasteiger partial charge < -0.3 is 19.6 Å². The first kappa shape index (κ1) is 35.9. The van der Waals surface area contributed by atoms with E-state index in [0.717, 1.165) is 87.8 Å². The first-order chi connectivity index (χ1) is 23.0. The summed E-state index contributed by atoms with van der Waals surface area (Å²) in [6, 6.07) is 10.2. The lowest BCUT2D eigenvalue weighted by atomic mass is 9.75. The van der Waals surface area contributed by atoms with Crippen molar-refractivity contribution in [3.8, 4) is 0 Å². The zero-order chi connectivity index (χ0) is 34.3. The maximum Gasteiger partial charge on any atom is 0.490 e. The molecule has 6 rings (SSSR count). The molecule has 264 valence electrons. The number of benzene rings is 1. The fourth-order valence-electron chi connectivity index (χ4n) is 8.13. The molecule has 4 aliphatic rings. The molecule has 1 atom stereocenters. The Balaban J connectivity index is 0.000000582. The van der Waals surface area contributed by atoms with E-state index in [1.807, 2.05) is 35.2 Å². The number of carboxylic acid groups (broad SMARTS) is 1. The molecule has 0 radical (unpaired) electrons. The van der Waals surface area contributed by atoms with E-state index in [0.29, 0.717) is 17.9 Å². The summed E-state index contributed by atoms with van der Waals surface area (Å²) in [5, 5.41) is 8.06. The molecule has 2 amide bonds. The summed E-state index contributed by atoms with van der Waals surface area (Å²) < 4.78 is 38.2. The van der Waals surface area contributed by atoms with Crippen molar-refractivity contribution in [1.29, 1.82) is 0 Å². The molecule has 0 bridgehead atoms. The molecule has 3 saturated heterocycles. The second-order valence-electron chi connectivity index (χ2n) is 13.9. The Morgan fingerprint density at radius 3 is 2.31 bits per heavy atom. The number of hydrogen-bond donors (Lipinski definition) is 1. The Labute approximate surface area is 280 Å². The van der Waals surface area contributed by atoms with Gasteiger partial charge in [-0.25, -0.2) is 9.59 Å². The minimum absolute atomic E-state index is 0.0628. The highest BCUT2D eigenvalue weighted by atomic mass is 19.4. The lowest BCUT2D eigenvalue weighted by Crippen LogP contribution is -2.61. The zero-order valence-electron chi connectivity index (χ0n) is 27.9. The summed E-state index contributed by atoms with van der Waals surface area (Å²) in [4.78, 5) is 46.8. The van der Waals surface area contributed by atoms with E-state index in [4.69, 9.17) is 14.6 Å².